The number of unbranched alkanes of at least 4 members (excludes halogenated alkanes) is 1. The zero-order chi connectivity index (χ0) is 15.4. The third-order valence-corrected chi connectivity index (χ3v) is 2.65. The van der Waals surface area contributed by atoms with Gasteiger partial charge in [0.1, 0.15) is 6.11 Å². The molecule has 0 atom stereocenters. The third kappa shape index (κ3) is 7.65. The molecule has 0 aliphatic rings. The van der Waals surface area contributed by atoms with Crippen LogP contribution >= 0.6 is 45.2 Å². The number of nitrogens with zero attached hydrogens (tertiary/aromatic N) is 2. The molecule has 2 amide bonds. The van der Waals surface area contributed by atoms with Crippen molar-refractivity contribution in [3.05, 3.63) is 0 Å². The summed E-state index contributed by atoms with van der Waals surface area (Å²) in [6, 6.07) is 2.40. The van der Waals surface area contributed by atoms with Gasteiger partial charge in [0.25, 0.3) is 0 Å². The largest absolute Gasteiger partial charge is 0.463 e. The van der Waals surface area contributed by atoms with Gasteiger partial charge in [0, 0.05) is 12.6 Å². The first kappa shape index (κ1) is 19.1. The summed E-state index contributed by atoms with van der Waals surface area (Å²) in [6.07, 6.45) is 1.47. The summed E-state index contributed by atoms with van der Waals surface area (Å²) in [7, 11) is 0. The fourth-order valence-electron chi connectivity index (χ4n) is 1.06. The first-order valence-corrected chi connectivity index (χ1v) is 8.73. The maximum absolute atomic E-state index is 11.9. The third-order valence-electron chi connectivity index (χ3n) is 1.89. The molecule has 8 heteroatoms. The number of alkyl halides is 2. The van der Waals surface area contributed by atoms with E-state index in [1.807, 2.05) is 52.1 Å². The predicted octanol–water partition coefficient (Wildman–Crippen LogP) is 2.91. The van der Waals surface area contributed by atoms with Crippen molar-refractivity contribution in [3.8, 4) is 24.0 Å². The number of rotatable bonds is 3. The number of ether oxygens (including phenoxy) is 1. The van der Waals surface area contributed by atoms with E-state index in [1.54, 1.807) is 0 Å². The number of halogens is 2. The van der Waals surface area contributed by atoms with Crippen LogP contribution in [0, 0.1) is 24.0 Å². The number of hydrazine groups is 1. The summed E-state index contributed by atoms with van der Waals surface area (Å²) in [5.74, 6) is 5.17. The van der Waals surface area contributed by atoms with Gasteiger partial charge in [-0.3, -0.25) is 0 Å². The van der Waals surface area contributed by atoms with Crippen LogP contribution in [0.5, 0.6) is 0 Å². The highest BCUT2D eigenvalue weighted by Gasteiger charge is 2.25. The van der Waals surface area contributed by atoms with Crippen molar-refractivity contribution in [1.29, 1.82) is 0 Å². The first-order chi connectivity index (χ1) is 9.58. The Kier molecular flexibility index (Phi) is 11.4. The summed E-state index contributed by atoms with van der Waals surface area (Å²) in [6.45, 7) is 2.13. The highest BCUT2D eigenvalue weighted by atomic mass is 127. The average molecular weight is 504 g/mol. The molecule has 0 aliphatic carbocycles. The minimum absolute atomic E-state index is 0.198. The van der Waals surface area contributed by atoms with Crippen LogP contribution < -0.4 is 0 Å². The zero-order valence-corrected chi connectivity index (χ0v) is 15.2. The van der Waals surface area contributed by atoms with E-state index >= 15 is 0 Å². The highest BCUT2D eigenvalue weighted by molar-refractivity contribution is 14.1. The molecule has 0 rings (SSSR count). The average Bonchev–Trinajstić information content (AvgIpc) is 2.42. The molecule has 6 nitrogen and oxygen atoms in total. The molecule has 0 saturated heterocycles. The Hall–Kier alpha value is -0.880. The van der Waals surface area contributed by atoms with Crippen molar-refractivity contribution in [2.45, 2.75) is 19.8 Å². The summed E-state index contributed by atoms with van der Waals surface area (Å²) >= 11 is 4.00. The van der Waals surface area contributed by atoms with E-state index in [2.05, 4.69) is 24.0 Å². The SMILES string of the molecule is CCCCN(C(=O)OC#CCI)N(C#CCI)C(=O)O. The molecule has 0 aromatic rings. The van der Waals surface area contributed by atoms with Crippen molar-refractivity contribution >= 4 is 57.4 Å². The lowest BCUT2D eigenvalue weighted by atomic mass is 10.3. The molecule has 0 saturated carbocycles. The lowest BCUT2D eigenvalue weighted by molar-refractivity contribution is 0.0371. The fourth-order valence-corrected chi connectivity index (χ4v) is 1.38. The second-order valence-electron chi connectivity index (χ2n) is 3.27. The molecule has 0 aromatic heterocycles. The van der Waals surface area contributed by atoms with Gasteiger partial charge in [-0.05, 0) is 12.3 Å². The lowest BCUT2D eigenvalue weighted by Crippen LogP contribution is -2.47. The van der Waals surface area contributed by atoms with Crippen LogP contribution in [0.3, 0.4) is 0 Å². The second kappa shape index (κ2) is 11.9. The highest BCUT2D eigenvalue weighted by Crippen LogP contribution is 2.04. The van der Waals surface area contributed by atoms with Crippen LogP contribution in [-0.4, -0.2) is 42.7 Å². The predicted molar refractivity (Wildman–Crippen MR) is 91.3 cm³/mol. The maximum Gasteiger partial charge on any atom is 0.443 e. The molecule has 0 unspecified atom stereocenters. The van der Waals surface area contributed by atoms with Gasteiger partial charge in [0.05, 0.1) is 8.86 Å². The second-order valence-corrected chi connectivity index (χ2v) is 4.80. The van der Waals surface area contributed by atoms with Crippen LogP contribution in [0.1, 0.15) is 19.8 Å². The van der Waals surface area contributed by atoms with E-state index in [1.165, 1.54) is 0 Å². The topological polar surface area (TPSA) is 70.1 Å². The van der Waals surface area contributed by atoms with Crippen LogP contribution in [-0.2, 0) is 4.74 Å². The van der Waals surface area contributed by atoms with Gasteiger partial charge in [-0.2, -0.15) is 0 Å². The van der Waals surface area contributed by atoms with Crippen LogP contribution in [0.2, 0.25) is 0 Å². The van der Waals surface area contributed by atoms with Gasteiger partial charge in [0.2, 0.25) is 0 Å². The zero-order valence-electron chi connectivity index (χ0n) is 10.9. The van der Waals surface area contributed by atoms with Crippen molar-refractivity contribution in [3.63, 3.8) is 0 Å². The van der Waals surface area contributed by atoms with Gasteiger partial charge in [-0.15, -0.1) is 5.01 Å². The molecule has 0 radical (unpaired) electrons. The molecule has 0 aliphatic heterocycles. The Morgan fingerprint density at radius 3 is 2.40 bits per heavy atom. The van der Waals surface area contributed by atoms with Crippen LogP contribution in [0.25, 0.3) is 0 Å². The quantitative estimate of drug-likeness (QED) is 0.211. The molecular formula is C12H14I2N2O4. The van der Waals surface area contributed by atoms with E-state index in [0.717, 1.165) is 11.4 Å². The lowest BCUT2D eigenvalue weighted by Gasteiger charge is -2.25. The molecule has 0 bridgehead atoms. The van der Waals surface area contributed by atoms with Crippen LogP contribution in [0.15, 0.2) is 0 Å². The van der Waals surface area contributed by atoms with Crippen molar-refractivity contribution in [2.24, 2.45) is 0 Å². The summed E-state index contributed by atoms with van der Waals surface area (Å²) in [5, 5.41) is 10.7. The Bertz CT molecular complexity index is 448. The Morgan fingerprint density at radius 1 is 1.25 bits per heavy atom. The standard InChI is InChI=1S/C12H14I2N2O4/c1-2-3-8-16(12(19)20-10-5-7-14)15(11(17)18)9-4-6-13/h2-3,6-8H2,1H3,(H,17,18). The number of hydrogen-bond donors (Lipinski definition) is 1. The Morgan fingerprint density at radius 2 is 1.90 bits per heavy atom. The molecule has 20 heavy (non-hydrogen) atoms. The van der Waals surface area contributed by atoms with Crippen molar-refractivity contribution < 1.29 is 19.4 Å². The first-order valence-electron chi connectivity index (χ1n) is 5.68. The molecule has 110 valence electrons. The van der Waals surface area contributed by atoms with E-state index in [0.29, 0.717) is 20.3 Å². The maximum atomic E-state index is 11.9. The van der Waals surface area contributed by atoms with Crippen LogP contribution in [0.4, 0.5) is 9.59 Å². The molecule has 0 aromatic carbocycles. The summed E-state index contributed by atoms with van der Waals surface area (Å²) < 4.78 is 5.66. The Labute approximate surface area is 145 Å². The number of carbonyl (C=O) groups excluding carboxylic acids is 1. The normalized spacial score (nSPS) is 8.55. The van der Waals surface area contributed by atoms with E-state index in [9.17, 15) is 9.59 Å². The van der Waals surface area contributed by atoms with Gasteiger partial charge in [-0.25, -0.2) is 14.6 Å². The summed E-state index contributed by atoms with van der Waals surface area (Å²) in [4.78, 5) is 23.0. The molecule has 1 N–H and O–H groups in total. The van der Waals surface area contributed by atoms with E-state index < -0.39 is 12.2 Å². The minimum atomic E-state index is -1.34. The van der Waals surface area contributed by atoms with Gasteiger partial charge >= 0.3 is 12.2 Å². The molecule has 0 fully saturated rings. The summed E-state index contributed by atoms with van der Waals surface area (Å²) in [5.41, 5.74) is 0. The monoisotopic (exact) mass is 504 g/mol. The van der Waals surface area contributed by atoms with Crippen molar-refractivity contribution in [1.82, 2.24) is 10.0 Å². The molecule has 0 spiro atoms. The molecular weight excluding hydrogens is 490 g/mol. The molecule has 0 heterocycles. The minimum Gasteiger partial charge on any atom is -0.463 e. The fraction of sp³-hybridized carbons (Fsp3) is 0.500. The van der Waals surface area contributed by atoms with E-state index in [4.69, 9.17) is 9.84 Å². The van der Waals surface area contributed by atoms with Gasteiger partial charge < -0.3 is 9.84 Å². The smallest absolute Gasteiger partial charge is 0.443 e. The van der Waals surface area contributed by atoms with Gasteiger partial charge in [-0.1, -0.05) is 64.4 Å². The number of carbonyl (C=O) groups is 2. The number of carboxylic acid groups (broad SMARTS) is 1. The van der Waals surface area contributed by atoms with E-state index in [-0.39, 0.29) is 6.54 Å². The van der Waals surface area contributed by atoms with Gasteiger partial charge in [0.15, 0.2) is 0 Å². The van der Waals surface area contributed by atoms with Crippen molar-refractivity contribution in [2.75, 3.05) is 15.4 Å². The number of hydrogen-bond acceptors (Lipinski definition) is 3. The Balaban J connectivity index is 5.06. The number of amides is 2.